The summed E-state index contributed by atoms with van der Waals surface area (Å²) < 4.78 is 1.96. The van der Waals surface area contributed by atoms with E-state index < -0.39 is 0 Å². The molecule has 0 atom stereocenters. The number of thiazole rings is 1. The minimum absolute atomic E-state index is 0.0718. The minimum atomic E-state index is -0.0718. The van der Waals surface area contributed by atoms with Crippen molar-refractivity contribution in [2.45, 2.75) is 6.92 Å². The highest BCUT2D eigenvalue weighted by Crippen LogP contribution is 2.26. The summed E-state index contributed by atoms with van der Waals surface area (Å²) in [6.45, 7) is 1.50. The fraction of sp³-hybridized carbons (Fsp3) is 0.0909. The summed E-state index contributed by atoms with van der Waals surface area (Å²) in [5.74, 6) is 0.707. The van der Waals surface area contributed by atoms with Gasteiger partial charge in [-0.3, -0.25) is 9.20 Å². The van der Waals surface area contributed by atoms with E-state index >= 15 is 0 Å². The van der Waals surface area contributed by atoms with Crippen LogP contribution in [0.2, 0.25) is 0 Å². The third-order valence-electron chi connectivity index (χ3n) is 2.35. The standard InChI is InChI=1S/C11H9N3OS/c1-7(15)12-10-6-16-11-13-8-4-2-3-5-9(8)14(10)11/h2-6H,1H3,(H,12,15). The summed E-state index contributed by atoms with van der Waals surface area (Å²) in [7, 11) is 0. The number of aromatic nitrogens is 2. The van der Waals surface area contributed by atoms with Crippen LogP contribution in [-0.2, 0) is 4.79 Å². The Kier molecular flexibility index (Phi) is 1.94. The van der Waals surface area contributed by atoms with Gasteiger partial charge < -0.3 is 5.32 Å². The molecular weight excluding hydrogens is 222 g/mol. The zero-order valence-corrected chi connectivity index (χ0v) is 9.41. The summed E-state index contributed by atoms with van der Waals surface area (Å²) >= 11 is 1.52. The van der Waals surface area contributed by atoms with Gasteiger partial charge in [0.25, 0.3) is 0 Å². The van der Waals surface area contributed by atoms with E-state index in [1.807, 2.05) is 34.0 Å². The Morgan fingerprint density at radius 2 is 2.25 bits per heavy atom. The molecule has 5 heteroatoms. The number of fused-ring (bicyclic) bond motifs is 3. The number of carbonyl (C=O) groups is 1. The van der Waals surface area contributed by atoms with Gasteiger partial charge in [-0.15, -0.1) is 11.3 Å². The van der Waals surface area contributed by atoms with Crippen LogP contribution in [0.1, 0.15) is 6.92 Å². The van der Waals surface area contributed by atoms with Gasteiger partial charge in [0.2, 0.25) is 5.91 Å². The molecule has 1 aromatic carbocycles. The van der Waals surface area contributed by atoms with Crippen molar-refractivity contribution in [1.29, 1.82) is 0 Å². The molecule has 0 unspecified atom stereocenters. The zero-order chi connectivity index (χ0) is 11.1. The molecule has 3 rings (SSSR count). The van der Waals surface area contributed by atoms with Gasteiger partial charge in [0.05, 0.1) is 11.0 Å². The van der Waals surface area contributed by atoms with Crippen molar-refractivity contribution in [3.05, 3.63) is 29.6 Å². The molecule has 2 heterocycles. The smallest absolute Gasteiger partial charge is 0.222 e. The van der Waals surface area contributed by atoms with E-state index in [0.29, 0.717) is 0 Å². The summed E-state index contributed by atoms with van der Waals surface area (Å²) in [5, 5.41) is 4.70. The van der Waals surface area contributed by atoms with Crippen LogP contribution >= 0.6 is 11.3 Å². The molecule has 3 aromatic rings. The molecule has 80 valence electrons. The number of rotatable bonds is 1. The normalized spacial score (nSPS) is 11.1. The number of para-hydroxylation sites is 2. The lowest BCUT2D eigenvalue weighted by molar-refractivity contribution is -0.114. The van der Waals surface area contributed by atoms with E-state index in [4.69, 9.17) is 0 Å². The Morgan fingerprint density at radius 1 is 1.44 bits per heavy atom. The number of benzene rings is 1. The average molecular weight is 231 g/mol. The van der Waals surface area contributed by atoms with Crippen molar-refractivity contribution < 1.29 is 4.79 Å². The Labute approximate surface area is 95.5 Å². The molecule has 0 bridgehead atoms. The first kappa shape index (κ1) is 9.35. The number of nitrogens with zero attached hydrogens (tertiary/aromatic N) is 2. The van der Waals surface area contributed by atoms with Crippen molar-refractivity contribution in [3.63, 3.8) is 0 Å². The number of amides is 1. The van der Waals surface area contributed by atoms with Gasteiger partial charge in [-0.2, -0.15) is 0 Å². The molecule has 4 nitrogen and oxygen atoms in total. The second-order valence-corrected chi connectivity index (χ2v) is 4.36. The van der Waals surface area contributed by atoms with Crippen molar-refractivity contribution >= 4 is 39.1 Å². The van der Waals surface area contributed by atoms with Gasteiger partial charge in [-0.05, 0) is 12.1 Å². The van der Waals surface area contributed by atoms with Crippen molar-refractivity contribution in [3.8, 4) is 0 Å². The second-order valence-electron chi connectivity index (χ2n) is 3.52. The van der Waals surface area contributed by atoms with E-state index in [9.17, 15) is 4.79 Å². The van der Waals surface area contributed by atoms with E-state index in [1.54, 1.807) is 0 Å². The van der Waals surface area contributed by atoms with Gasteiger partial charge in [0, 0.05) is 12.3 Å². The van der Waals surface area contributed by atoms with Crippen LogP contribution in [0.3, 0.4) is 0 Å². The fourth-order valence-corrected chi connectivity index (χ4v) is 2.58. The Morgan fingerprint density at radius 3 is 3.06 bits per heavy atom. The number of hydrogen-bond acceptors (Lipinski definition) is 3. The van der Waals surface area contributed by atoms with Crippen LogP contribution < -0.4 is 5.32 Å². The maximum absolute atomic E-state index is 11.1. The SMILES string of the molecule is CC(=O)Nc1csc2nc3ccccc3n12. The fourth-order valence-electron chi connectivity index (χ4n) is 1.74. The maximum Gasteiger partial charge on any atom is 0.222 e. The Hall–Kier alpha value is -1.88. The Bertz CT molecular complexity index is 683. The molecule has 0 saturated heterocycles. The average Bonchev–Trinajstić information content (AvgIpc) is 2.77. The van der Waals surface area contributed by atoms with Crippen LogP contribution in [0.5, 0.6) is 0 Å². The van der Waals surface area contributed by atoms with Crippen LogP contribution in [0, 0.1) is 0 Å². The van der Waals surface area contributed by atoms with Crippen LogP contribution in [-0.4, -0.2) is 15.3 Å². The monoisotopic (exact) mass is 231 g/mol. The highest BCUT2D eigenvalue weighted by atomic mass is 32.1. The molecular formula is C11H9N3OS. The van der Waals surface area contributed by atoms with Crippen LogP contribution in [0.15, 0.2) is 29.6 Å². The van der Waals surface area contributed by atoms with Crippen molar-refractivity contribution in [1.82, 2.24) is 9.38 Å². The van der Waals surface area contributed by atoms with Gasteiger partial charge >= 0.3 is 0 Å². The summed E-state index contributed by atoms with van der Waals surface area (Å²) in [4.78, 5) is 16.4. The first-order chi connectivity index (χ1) is 7.75. The lowest BCUT2D eigenvalue weighted by Gasteiger charge is -1.99. The summed E-state index contributed by atoms with van der Waals surface area (Å²) in [5.41, 5.74) is 1.96. The minimum Gasteiger partial charge on any atom is -0.311 e. The number of nitrogens with one attached hydrogen (secondary N) is 1. The second kappa shape index (κ2) is 3.31. The number of carbonyl (C=O) groups excluding carboxylic acids is 1. The van der Waals surface area contributed by atoms with E-state index in [2.05, 4.69) is 10.3 Å². The maximum atomic E-state index is 11.1. The topological polar surface area (TPSA) is 46.4 Å². The molecule has 0 aliphatic carbocycles. The predicted molar refractivity (Wildman–Crippen MR) is 64.9 cm³/mol. The molecule has 1 N–H and O–H groups in total. The summed E-state index contributed by atoms with van der Waals surface area (Å²) in [6, 6.07) is 7.88. The van der Waals surface area contributed by atoms with Crippen molar-refractivity contribution in [2.24, 2.45) is 0 Å². The van der Waals surface area contributed by atoms with Gasteiger partial charge in [0.15, 0.2) is 4.96 Å². The molecule has 0 aliphatic rings. The molecule has 2 aromatic heterocycles. The molecule has 1 amide bonds. The molecule has 16 heavy (non-hydrogen) atoms. The number of imidazole rings is 1. The molecule has 0 spiro atoms. The summed E-state index contributed by atoms with van der Waals surface area (Å²) in [6.07, 6.45) is 0. The third-order valence-corrected chi connectivity index (χ3v) is 3.18. The molecule has 0 fully saturated rings. The van der Waals surface area contributed by atoms with Crippen molar-refractivity contribution in [2.75, 3.05) is 5.32 Å². The van der Waals surface area contributed by atoms with Crippen LogP contribution in [0.4, 0.5) is 5.82 Å². The molecule has 0 saturated carbocycles. The molecule has 0 radical (unpaired) electrons. The van der Waals surface area contributed by atoms with E-state index in [-0.39, 0.29) is 5.91 Å². The largest absolute Gasteiger partial charge is 0.311 e. The van der Waals surface area contributed by atoms with Gasteiger partial charge in [-0.25, -0.2) is 4.98 Å². The zero-order valence-electron chi connectivity index (χ0n) is 8.60. The van der Waals surface area contributed by atoms with Gasteiger partial charge in [-0.1, -0.05) is 12.1 Å². The lowest BCUT2D eigenvalue weighted by Crippen LogP contribution is -2.07. The predicted octanol–water partition coefficient (Wildman–Crippen LogP) is 2.51. The van der Waals surface area contributed by atoms with Crippen LogP contribution in [0.25, 0.3) is 16.0 Å². The third kappa shape index (κ3) is 1.29. The highest BCUT2D eigenvalue weighted by molar-refractivity contribution is 7.15. The number of anilines is 1. The first-order valence-corrected chi connectivity index (χ1v) is 5.76. The first-order valence-electron chi connectivity index (χ1n) is 4.88. The van der Waals surface area contributed by atoms with E-state index in [0.717, 1.165) is 21.8 Å². The van der Waals surface area contributed by atoms with Gasteiger partial charge in [0.1, 0.15) is 5.82 Å². The Balaban J connectivity index is 2.34. The quantitative estimate of drug-likeness (QED) is 0.699. The number of hydrogen-bond donors (Lipinski definition) is 1. The lowest BCUT2D eigenvalue weighted by atomic mass is 10.3. The highest BCUT2D eigenvalue weighted by Gasteiger charge is 2.10. The molecule has 0 aliphatic heterocycles. The van der Waals surface area contributed by atoms with E-state index in [1.165, 1.54) is 18.3 Å².